The van der Waals surface area contributed by atoms with Crippen molar-refractivity contribution in [2.75, 3.05) is 5.32 Å². The van der Waals surface area contributed by atoms with E-state index in [1.807, 2.05) is 0 Å². The van der Waals surface area contributed by atoms with Crippen LogP contribution in [0.25, 0.3) is 6.08 Å². The maximum atomic E-state index is 13.6. The molecule has 2 rings (SSSR count). The molecule has 0 heterocycles. The lowest BCUT2D eigenvalue weighted by molar-refractivity contribution is -0.148. The van der Waals surface area contributed by atoms with Crippen molar-refractivity contribution in [3.05, 3.63) is 70.0 Å². The fourth-order valence-electron chi connectivity index (χ4n) is 1.89. The molecule has 0 aliphatic heterocycles. The molecule has 0 saturated carbocycles. The summed E-state index contributed by atoms with van der Waals surface area (Å²) in [4.78, 5) is 23.8. The zero-order valence-corrected chi connectivity index (χ0v) is 14.6. The molecule has 0 spiro atoms. The Labute approximate surface area is 154 Å². The molecule has 25 heavy (non-hydrogen) atoms. The van der Waals surface area contributed by atoms with E-state index in [9.17, 15) is 14.0 Å². The van der Waals surface area contributed by atoms with Crippen molar-refractivity contribution in [1.82, 2.24) is 0 Å². The molecule has 0 fully saturated rings. The molecular weight excluding hydrogens is 368 g/mol. The number of nitrogens with one attached hydrogen (secondary N) is 1. The number of rotatable bonds is 5. The van der Waals surface area contributed by atoms with Crippen LogP contribution in [0.4, 0.5) is 10.1 Å². The minimum atomic E-state index is -1.07. The third-order valence-corrected chi connectivity index (χ3v) is 3.84. The number of carbonyl (C=O) groups is 2. The summed E-state index contributed by atoms with van der Waals surface area (Å²) in [5.41, 5.74) is 0.472. The first kappa shape index (κ1) is 19.0. The number of ether oxygens (including phenoxy) is 1. The molecule has 0 bridgehead atoms. The van der Waals surface area contributed by atoms with Gasteiger partial charge in [0.05, 0.1) is 15.7 Å². The average molecular weight is 382 g/mol. The number of amides is 1. The van der Waals surface area contributed by atoms with Crippen LogP contribution in [0.5, 0.6) is 0 Å². The second-order valence-electron chi connectivity index (χ2n) is 5.02. The van der Waals surface area contributed by atoms with Crippen molar-refractivity contribution in [3.63, 3.8) is 0 Å². The molecule has 0 radical (unpaired) electrons. The molecule has 7 heteroatoms. The van der Waals surface area contributed by atoms with Crippen LogP contribution in [0.2, 0.25) is 10.0 Å². The van der Waals surface area contributed by atoms with Crippen LogP contribution in [0.3, 0.4) is 0 Å². The van der Waals surface area contributed by atoms with Crippen molar-refractivity contribution in [2.45, 2.75) is 13.0 Å². The third-order valence-electron chi connectivity index (χ3n) is 3.18. The van der Waals surface area contributed by atoms with E-state index >= 15 is 0 Å². The molecular formula is C18H14Cl2FNO3. The molecule has 0 saturated heterocycles. The molecule has 1 amide bonds. The van der Waals surface area contributed by atoms with E-state index in [4.69, 9.17) is 27.9 Å². The van der Waals surface area contributed by atoms with E-state index < -0.39 is 23.8 Å². The van der Waals surface area contributed by atoms with Gasteiger partial charge in [-0.1, -0.05) is 41.4 Å². The molecule has 1 atom stereocenters. The zero-order chi connectivity index (χ0) is 18.4. The number of carbonyl (C=O) groups excluding carboxylic acids is 2. The van der Waals surface area contributed by atoms with Gasteiger partial charge >= 0.3 is 5.97 Å². The summed E-state index contributed by atoms with van der Waals surface area (Å²) in [6.45, 7) is 1.41. The summed E-state index contributed by atoms with van der Waals surface area (Å²) in [5, 5.41) is 3.08. The molecule has 1 unspecified atom stereocenters. The number of esters is 1. The standard InChI is InChI=1S/C18H14Cl2FNO3/c1-11(18(24)22-16-8-3-2-5-14(16)20)25-17(23)10-9-12-13(19)6-4-7-15(12)21/h2-11H,1H3,(H,22,24)/b10-9+. The third kappa shape index (κ3) is 5.31. The lowest BCUT2D eigenvalue weighted by atomic mass is 10.2. The molecule has 1 N–H and O–H groups in total. The van der Waals surface area contributed by atoms with Crippen molar-refractivity contribution < 1.29 is 18.7 Å². The highest BCUT2D eigenvalue weighted by Gasteiger charge is 2.17. The van der Waals surface area contributed by atoms with Gasteiger partial charge in [-0.15, -0.1) is 0 Å². The Balaban J connectivity index is 1.97. The van der Waals surface area contributed by atoms with Gasteiger partial charge in [-0.2, -0.15) is 0 Å². The van der Waals surface area contributed by atoms with E-state index in [-0.39, 0.29) is 10.6 Å². The van der Waals surface area contributed by atoms with Gasteiger partial charge in [0.15, 0.2) is 6.10 Å². The fourth-order valence-corrected chi connectivity index (χ4v) is 2.29. The van der Waals surface area contributed by atoms with E-state index in [1.54, 1.807) is 24.3 Å². The Kier molecular flexibility index (Phi) is 6.56. The Morgan fingerprint density at radius 3 is 2.48 bits per heavy atom. The predicted molar refractivity (Wildman–Crippen MR) is 96.1 cm³/mol. The van der Waals surface area contributed by atoms with Crippen LogP contribution in [-0.2, 0) is 14.3 Å². The minimum absolute atomic E-state index is 0.0642. The Morgan fingerprint density at radius 1 is 1.12 bits per heavy atom. The summed E-state index contributed by atoms with van der Waals surface area (Å²) in [6, 6.07) is 10.8. The maximum Gasteiger partial charge on any atom is 0.331 e. The fraction of sp³-hybridized carbons (Fsp3) is 0.111. The SMILES string of the molecule is CC(OC(=O)/C=C/c1c(F)cccc1Cl)C(=O)Nc1ccccc1Cl. The largest absolute Gasteiger partial charge is 0.449 e. The van der Waals surface area contributed by atoms with Gasteiger partial charge in [-0.25, -0.2) is 9.18 Å². The molecule has 2 aromatic carbocycles. The Morgan fingerprint density at radius 2 is 1.80 bits per heavy atom. The van der Waals surface area contributed by atoms with E-state index in [1.165, 1.54) is 31.2 Å². The molecule has 4 nitrogen and oxygen atoms in total. The summed E-state index contributed by atoms with van der Waals surface area (Å²) < 4.78 is 18.6. The van der Waals surface area contributed by atoms with E-state index in [0.717, 1.165) is 6.08 Å². The van der Waals surface area contributed by atoms with Crippen LogP contribution in [0.15, 0.2) is 48.5 Å². The minimum Gasteiger partial charge on any atom is -0.449 e. The van der Waals surface area contributed by atoms with Gasteiger partial charge in [0.1, 0.15) is 5.82 Å². The first-order valence-electron chi connectivity index (χ1n) is 7.26. The number of anilines is 1. The predicted octanol–water partition coefficient (Wildman–Crippen LogP) is 4.72. The van der Waals surface area contributed by atoms with Crippen molar-refractivity contribution in [3.8, 4) is 0 Å². The van der Waals surface area contributed by atoms with Crippen LogP contribution in [-0.4, -0.2) is 18.0 Å². The second-order valence-corrected chi connectivity index (χ2v) is 5.83. The number of hydrogen-bond acceptors (Lipinski definition) is 3. The molecule has 0 aliphatic rings. The van der Waals surface area contributed by atoms with Gasteiger partial charge < -0.3 is 10.1 Å². The maximum absolute atomic E-state index is 13.6. The van der Waals surface area contributed by atoms with Gasteiger partial charge in [0, 0.05) is 11.6 Å². The highest BCUT2D eigenvalue weighted by Crippen LogP contribution is 2.21. The lowest BCUT2D eigenvalue weighted by Crippen LogP contribution is -2.29. The number of hydrogen-bond donors (Lipinski definition) is 1. The monoisotopic (exact) mass is 381 g/mol. The molecule has 130 valence electrons. The van der Waals surface area contributed by atoms with Gasteiger partial charge in [0.2, 0.25) is 0 Å². The normalized spacial score (nSPS) is 12.0. The topological polar surface area (TPSA) is 55.4 Å². The number of halogens is 3. The van der Waals surface area contributed by atoms with Crippen LogP contribution < -0.4 is 5.32 Å². The first-order valence-corrected chi connectivity index (χ1v) is 8.02. The highest BCUT2D eigenvalue weighted by atomic mass is 35.5. The van der Waals surface area contributed by atoms with E-state index in [0.29, 0.717) is 10.7 Å². The summed E-state index contributed by atoms with van der Waals surface area (Å²) >= 11 is 11.8. The van der Waals surface area contributed by atoms with Crippen molar-refractivity contribution >= 4 is 46.8 Å². The molecule has 0 aliphatic carbocycles. The number of benzene rings is 2. The smallest absolute Gasteiger partial charge is 0.331 e. The summed E-state index contributed by atoms with van der Waals surface area (Å²) in [7, 11) is 0. The molecule has 2 aromatic rings. The van der Waals surface area contributed by atoms with Crippen LogP contribution in [0, 0.1) is 5.82 Å². The highest BCUT2D eigenvalue weighted by molar-refractivity contribution is 6.33. The first-order chi connectivity index (χ1) is 11.9. The van der Waals surface area contributed by atoms with E-state index in [2.05, 4.69) is 5.32 Å². The summed E-state index contributed by atoms with van der Waals surface area (Å²) in [6.07, 6.45) is 1.13. The number of para-hydroxylation sites is 1. The molecule has 0 aromatic heterocycles. The van der Waals surface area contributed by atoms with Gasteiger partial charge in [-0.3, -0.25) is 4.79 Å². The van der Waals surface area contributed by atoms with Crippen molar-refractivity contribution in [1.29, 1.82) is 0 Å². The summed E-state index contributed by atoms with van der Waals surface area (Å²) in [5.74, 6) is -1.92. The van der Waals surface area contributed by atoms with Gasteiger partial charge in [-0.05, 0) is 37.3 Å². The van der Waals surface area contributed by atoms with Crippen molar-refractivity contribution in [2.24, 2.45) is 0 Å². The Bertz CT molecular complexity index is 803. The second kappa shape index (κ2) is 8.65. The quantitative estimate of drug-likeness (QED) is 0.602. The average Bonchev–Trinajstić information content (AvgIpc) is 2.56. The van der Waals surface area contributed by atoms with Crippen LogP contribution >= 0.6 is 23.2 Å². The lowest BCUT2D eigenvalue weighted by Gasteiger charge is -2.13. The van der Waals surface area contributed by atoms with Gasteiger partial charge in [0.25, 0.3) is 5.91 Å². The Hall–Kier alpha value is -2.37. The van der Waals surface area contributed by atoms with Crippen LogP contribution in [0.1, 0.15) is 12.5 Å². The zero-order valence-electron chi connectivity index (χ0n) is 13.1.